The molecule has 2 nitrogen and oxygen atoms in total. The first-order valence-corrected chi connectivity index (χ1v) is 8.62. The molecule has 0 fully saturated rings. The summed E-state index contributed by atoms with van der Waals surface area (Å²) in [5.41, 5.74) is 2.56. The Kier molecular flexibility index (Phi) is 3.29. The summed E-state index contributed by atoms with van der Waals surface area (Å²) in [5.74, 6) is 1.19. The Morgan fingerprint density at radius 2 is 1.36 bits per heavy atom. The second-order valence-electron chi connectivity index (χ2n) is 6.56. The van der Waals surface area contributed by atoms with Crippen LogP contribution in [0.2, 0.25) is 0 Å². The molecule has 0 spiro atoms. The first-order valence-electron chi connectivity index (χ1n) is 8.62. The zero-order valence-electron chi connectivity index (χ0n) is 13.7. The molecule has 0 saturated heterocycles. The van der Waals surface area contributed by atoms with E-state index in [0.29, 0.717) is 0 Å². The van der Waals surface area contributed by atoms with Gasteiger partial charge in [-0.05, 0) is 38.7 Å². The van der Waals surface area contributed by atoms with Gasteiger partial charge in [-0.25, -0.2) is 0 Å². The molecule has 120 valence electrons. The van der Waals surface area contributed by atoms with Crippen LogP contribution in [0.25, 0.3) is 27.6 Å². The zero-order chi connectivity index (χ0) is 16.8. The van der Waals surface area contributed by atoms with E-state index in [2.05, 4.69) is 78.9 Å². The Hall–Kier alpha value is -2.78. The minimum absolute atomic E-state index is 0.134. The molecule has 2 unspecified atom stereocenters. The van der Waals surface area contributed by atoms with Gasteiger partial charge in [0.2, 0.25) is 0 Å². The van der Waals surface area contributed by atoms with Crippen molar-refractivity contribution in [2.24, 2.45) is 5.92 Å². The van der Waals surface area contributed by atoms with Crippen LogP contribution in [0.5, 0.6) is 0 Å². The number of rotatable bonds is 2. The molecule has 0 aliphatic heterocycles. The fraction of sp³-hybridized carbons (Fsp3) is 0.0909. The molecule has 3 heteroatoms. The Morgan fingerprint density at radius 3 is 2.08 bits per heavy atom. The van der Waals surface area contributed by atoms with Gasteiger partial charge in [0.05, 0.1) is 5.76 Å². The lowest BCUT2D eigenvalue weighted by molar-refractivity contribution is 0.327. The van der Waals surface area contributed by atoms with Gasteiger partial charge < -0.3 is 9.68 Å². The van der Waals surface area contributed by atoms with E-state index in [1.165, 1.54) is 32.7 Å². The maximum absolute atomic E-state index is 9.34. The highest BCUT2D eigenvalue weighted by Gasteiger charge is 2.33. The van der Waals surface area contributed by atoms with Gasteiger partial charge in [0, 0.05) is 11.8 Å². The molecule has 25 heavy (non-hydrogen) atoms. The molecule has 0 aromatic heterocycles. The molecule has 2 aliphatic rings. The second kappa shape index (κ2) is 5.64. The standard InChI is InChI=1S/C22H17BO2/c24-23-25-21-13-20-16-9-2-1-7-14(16)15-8-3-5-11-18(15)22(20)19-12-6-4-10-17(19)21/h1-13,17,19,23-24H. The van der Waals surface area contributed by atoms with E-state index in [4.69, 9.17) is 4.65 Å². The van der Waals surface area contributed by atoms with Crippen molar-refractivity contribution in [3.63, 3.8) is 0 Å². The van der Waals surface area contributed by atoms with Gasteiger partial charge in [0.25, 0.3) is 0 Å². The SMILES string of the molecule is OBOC1=Cc2c(c3ccccc3c3ccccc23)C2C=CC=CC12. The van der Waals surface area contributed by atoms with Gasteiger partial charge in [-0.2, -0.15) is 0 Å². The third-order valence-corrected chi connectivity index (χ3v) is 5.33. The van der Waals surface area contributed by atoms with Crippen LogP contribution in [0.15, 0.2) is 78.6 Å². The lowest BCUT2D eigenvalue weighted by Crippen LogP contribution is -2.21. The Morgan fingerprint density at radius 1 is 0.760 bits per heavy atom. The third-order valence-electron chi connectivity index (χ3n) is 5.33. The van der Waals surface area contributed by atoms with Crippen LogP contribution in [-0.2, 0) is 4.65 Å². The zero-order valence-corrected chi connectivity index (χ0v) is 13.7. The van der Waals surface area contributed by atoms with Crippen LogP contribution in [0, 0.1) is 5.92 Å². The number of benzene rings is 3. The van der Waals surface area contributed by atoms with Crippen molar-refractivity contribution in [1.82, 2.24) is 0 Å². The van der Waals surface area contributed by atoms with Gasteiger partial charge in [-0.1, -0.05) is 72.8 Å². The van der Waals surface area contributed by atoms with Crippen LogP contribution in [-0.4, -0.2) is 12.7 Å². The molecule has 2 aliphatic carbocycles. The lowest BCUT2D eigenvalue weighted by atomic mass is 9.72. The van der Waals surface area contributed by atoms with Crippen molar-refractivity contribution in [2.45, 2.75) is 5.92 Å². The average molecular weight is 324 g/mol. The molecule has 0 heterocycles. The van der Waals surface area contributed by atoms with Gasteiger partial charge in [-0.15, -0.1) is 0 Å². The third kappa shape index (κ3) is 2.09. The maximum atomic E-state index is 9.34. The first-order chi connectivity index (χ1) is 12.4. The highest BCUT2D eigenvalue weighted by Crippen LogP contribution is 2.47. The molecule has 0 amide bonds. The van der Waals surface area contributed by atoms with Crippen LogP contribution in [0.3, 0.4) is 0 Å². The van der Waals surface area contributed by atoms with Crippen molar-refractivity contribution in [2.75, 3.05) is 0 Å². The molecule has 1 N–H and O–H groups in total. The number of hydrogen-bond donors (Lipinski definition) is 1. The van der Waals surface area contributed by atoms with E-state index < -0.39 is 0 Å². The minimum Gasteiger partial charge on any atom is -0.541 e. The van der Waals surface area contributed by atoms with Crippen molar-refractivity contribution >= 4 is 35.3 Å². The van der Waals surface area contributed by atoms with Crippen LogP contribution in [0.4, 0.5) is 0 Å². The topological polar surface area (TPSA) is 29.5 Å². The molecule has 0 radical (unpaired) electrons. The molecule has 3 aromatic rings. The monoisotopic (exact) mass is 324 g/mol. The predicted molar refractivity (Wildman–Crippen MR) is 104 cm³/mol. The van der Waals surface area contributed by atoms with E-state index in [-0.39, 0.29) is 19.5 Å². The van der Waals surface area contributed by atoms with Crippen LogP contribution >= 0.6 is 0 Å². The minimum atomic E-state index is -0.298. The fourth-order valence-electron chi connectivity index (χ4n) is 4.32. The molecular weight excluding hydrogens is 307 g/mol. The summed E-state index contributed by atoms with van der Waals surface area (Å²) in [6.45, 7) is 0. The molecule has 0 bridgehead atoms. The fourth-order valence-corrected chi connectivity index (χ4v) is 4.32. The number of hydrogen-bond acceptors (Lipinski definition) is 2. The first kappa shape index (κ1) is 14.6. The van der Waals surface area contributed by atoms with E-state index in [9.17, 15) is 5.02 Å². The van der Waals surface area contributed by atoms with Gasteiger partial charge in [0.15, 0.2) is 0 Å². The van der Waals surface area contributed by atoms with E-state index in [1.807, 2.05) is 0 Å². The maximum Gasteiger partial charge on any atom is 0.503 e. The largest absolute Gasteiger partial charge is 0.541 e. The summed E-state index contributed by atoms with van der Waals surface area (Å²) < 4.78 is 5.60. The van der Waals surface area contributed by atoms with Crippen molar-refractivity contribution < 1.29 is 9.68 Å². The highest BCUT2D eigenvalue weighted by molar-refractivity contribution is 6.17. The number of allylic oxidation sites excluding steroid dienone is 4. The van der Waals surface area contributed by atoms with E-state index in [1.54, 1.807) is 0 Å². The quantitative estimate of drug-likeness (QED) is 0.557. The molecule has 5 rings (SSSR count). The second-order valence-corrected chi connectivity index (χ2v) is 6.56. The average Bonchev–Trinajstić information content (AvgIpc) is 2.68. The summed E-state index contributed by atoms with van der Waals surface area (Å²) in [4.78, 5) is 0. The van der Waals surface area contributed by atoms with E-state index >= 15 is 0 Å². The molecule has 3 aromatic carbocycles. The molecule has 2 atom stereocenters. The van der Waals surface area contributed by atoms with Gasteiger partial charge in [-0.3, -0.25) is 0 Å². The Balaban J connectivity index is 1.95. The highest BCUT2D eigenvalue weighted by atomic mass is 16.5. The predicted octanol–water partition coefficient (Wildman–Crippen LogP) is 4.45. The summed E-state index contributed by atoms with van der Waals surface area (Å²) in [6.07, 6.45) is 10.7. The van der Waals surface area contributed by atoms with Crippen molar-refractivity contribution in [3.05, 3.63) is 89.7 Å². The summed E-state index contributed by atoms with van der Waals surface area (Å²) in [7, 11) is -0.298. The smallest absolute Gasteiger partial charge is 0.503 e. The Labute approximate surface area is 147 Å². The van der Waals surface area contributed by atoms with Gasteiger partial charge in [0.1, 0.15) is 0 Å². The number of fused-ring (bicyclic) bond motifs is 8. The van der Waals surface area contributed by atoms with Gasteiger partial charge >= 0.3 is 7.69 Å². The lowest BCUT2D eigenvalue weighted by Gasteiger charge is -2.33. The summed E-state index contributed by atoms with van der Waals surface area (Å²) >= 11 is 0. The van der Waals surface area contributed by atoms with Crippen LogP contribution in [0.1, 0.15) is 17.0 Å². The summed E-state index contributed by atoms with van der Waals surface area (Å²) in [5, 5.41) is 14.4. The van der Waals surface area contributed by atoms with E-state index in [0.717, 1.165) is 5.76 Å². The molecular formula is C22H17BO2. The Bertz CT molecular complexity index is 1080. The van der Waals surface area contributed by atoms with Crippen LogP contribution < -0.4 is 0 Å². The molecule has 0 saturated carbocycles. The summed E-state index contributed by atoms with van der Waals surface area (Å²) in [6, 6.07) is 17.2. The normalized spacial score (nSPS) is 20.9. The van der Waals surface area contributed by atoms with Crippen molar-refractivity contribution in [1.29, 1.82) is 0 Å². The van der Waals surface area contributed by atoms with Crippen molar-refractivity contribution in [3.8, 4) is 0 Å².